The molecular weight excluding hydrogens is 262 g/mol. The third-order valence-corrected chi connectivity index (χ3v) is 2.96. The van der Waals surface area contributed by atoms with Crippen LogP contribution in [0.4, 0.5) is 5.69 Å². The predicted octanol–water partition coefficient (Wildman–Crippen LogP) is 2.95. The molecule has 0 radical (unpaired) electrons. The van der Waals surface area contributed by atoms with Crippen LogP contribution in [0.1, 0.15) is 13.3 Å². The molecule has 0 saturated heterocycles. The summed E-state index contributed by atoms with van der Waals surface area (Å²) in [6.07, 6.45) is 1.86. The van der Waals surface area contributed by atoms with Gasteiger partial charge < -0.3 is 10.6 Å². The van der Waals surface area contributed by atoms with Gasteiger partial charge in [0.05, 0.1) is 12.0 Å². The van der Waals surface area contributed by atoms with Crippen LogP contribution in [0, 0.1) is 11.3 Å². The van der Waals surface area contributed by atoms with E-state index in [1.165, 1.54) is 0 Å². The Morgan fingerprint density at radius 2 is 2.32 bits per heavy atom. The van der Waals surface area contributed by atoms with Gasteiger partial charge in [-0.1, -0.05) is 17.7 Å². The van der Waals surface area contributed by atoms with Crippen LogP contribution in [0.2, 0.25) is 5.02 Å². The lowest BCUT2D eigenvalue weighted by atomic mass is 9.99. The number of benzene rings is 1. The lowest BCUT2D eigenvalue weighted by Gasteiger charge is -2.17. The van der Waals surface area contributed by atoms with Crippen LogP contribution in [0.3, 0.4) is 0 Å². The molecule has 0 spiro atoms. The van der Waals surface area contributed by atoms with Crippen molar-refractivity contribution in [2.45, 2.75) is 13.3 Å². The van der Waals surface area contributed by atoms with Crippen molar-refractivity contribution < 1.29 is 4.79 Å². The van der Waals surface area contributed by atoms with E-state index in [4.69, 9.17) is 16.9 Å². The molecule has 0 aromatic heterocycles. The predicted molar refractivity (Wildman–Crippen MR) is 74.2 cm³/mol. The Balaban J connectivity index is 2.25. The van der Waals surface area contributed by atoms with Gasteiger partial charge in [-0.25, -0.2) is 0 Å². The van der Waals surface area contributed by atoms with Crippen LogP contribution < -0.4 is 10.6 Å². The van der Waals surface area contributed by atoms with Crippen LogP contribution in [-0.2, 0) is 4.79 Å². The Morgan fingerprint density at radius 3 is 3.00 bits per heavy atom. The van der Waals surface area contributed by atoms with Gasteiger partial charge in [-0.2, -0.15) is 5.26 Å². The maximum Gasteiger partial charge on any atom is 0.228 e. The Morgan fingerprint density at radius 1 is 1.53 bits per heavy atom. The van der Waals surface area contributed by atoms with Gasteiger partial charge in [0.1, 0.15) is 6.07 Å². The van der Waals surface area contributed by atoms with E-state index < -0.39 is 0 Å². The first kappa shape index (κ1) is 13.2. The molecule has 0 unspecified atom stereocenters. The molecule has 5 heteroatoms. The van der Waals surface area contributed by atoms with Crippen molar-refractivity contribution in [2.75, 3.05) is 5.32 Å². The lowest BCUT2D eigenvalue weighted by Crippen LogP contribution is -2.28. The minimum atomic E-state index is -0.115. The van der Waals surface area contributed by atoms with Gasteiger partial charge in [0.15, 0.2) is 0 Å². The Hall–Kier alpha value is -2.25. The summed E-state index contributed by atoms with van der Waals surface area (Å²) in [6.45, 7) is 1.71. The van der Waals surface area contributed by atoms with Gasteiger partial charge in [0, 0.05) is 22.6 Å². The monoisotopic (exact) mass is 273 g/mol. The maximum atomic E-state index is 11.5. The topological polar surface area (TPSA) is 64.9 Å². The Labute approximate surface area is 116 Å². The molecule has 0 saturated carbocycles. The summed E-state index contributed by atoms with van der Waals surface area (Å²) in [5.74, 6) is -0.115. The fourth-order valence-electron chi connectivity index (χ4n) is 1.85. The summed E-state index contributed by atoms with van der Waals surface area (Å²) in [7, 11) is 0. The highest BCUT2D eigenvalue weighted by Gasteiger charge is 2.19. The lowest BCUT2D eigenvalue weighted by molar-refractivity contribution is -0.119. The first-order valence-electron chi connectivity index (χ1n) is 5.72. The normalized spacial score (nSPS) is 17.1. The van der Waals surface area contributed by atoms with Crippen LogP contribution in [0.25, 0.3) is 0 Å². The number of nitrogens with one attached hydrogen (secondary N) is 2. The minimum absolute atomic E-state index is 0.115. The van der Waals surface area contributed by atoms with Crippen molar-refractivity contribution in [3.63, 3.8) is 0 Å². The second-order valence-electron chi connectivity index (χ2n) is 4.16. The summed E-state index contributed by atoms with van der Waals surface area (Å²) >= 11 is 5.88. The van der Waals surface area contributed by atoms with Crippen molar-refractivity contribution in [3.8, 4) is 6.07 Å². The summed E-state index contributed by atoms with van der Waals surface area (Å²) in [5, 5.41) is 15.4. The molecule has 0 fully saturated rings. The van der Waals surface area contributed by atoms with Gasteiger partial charge in [0.25, 0.3) is 0 Å². The van der Waals surface area contributed by atoms with Crippen molar-refractivity contribution in [3.05, 3.63) is 52.3 Å². The third kappa shape index (κ3) is 3.15. The van der Waals surface area contributed by atoms with E-state index in [2.05, 4.69) is 16.7 Å². The molecule has 1 aliphatic heterocycles. The van der Waals surface area contributed by atoms with Gasteiger partial charge >= 0.3 is 0 Å². The number of hydrogen-bond acceptors (Lipinski definition) is 3. The number of amides is 1. The molecule has 1 aromatic rings. The molecule has 1 heterocycles. The van der Waals surface area contributed by atoms with Crippen molar-refractivity contribution in [1.29, 1.82) is 5.26 Å². The van der Waals surface area contributed by atoms with E-state index in [0.29, 0.717) is 21.9 Å². The van der Waals surface area contributed by atoms with Gasteiger partial charge in [-0.15, -0.1) is 0 Å². The number of nitrogens with zero attached hydrogens (tertiary/aromatic N) is 1. The number of allylic oxidation sites excluding steroid dienone is 2. The first-order chi connectivity index (χ1) is 9.10. The van der Waals surface area contributed by atoms with E-state index in [1.54, 1.807) is 25.3 Å². The highest BCUT2D eigenvalue weighted by molar-refractivity contribution is 6.30. The number of carbonyl (C=O) groups is 1. The molecule has 2 N–H and O–H groups in total. The first-order valence-corrected chi connectivity index (χ1v) is 6.10. The average Bonchev–Trinajstić information content (AvgIpc) is 2.36. The van der Waals surface area contributed by atoms with Crippen LogP contribution in [0.5, 0.6) is 0 Å². The number of carbonyl (C=O) groups excluding carboxylic acids is 1. The molecule has 0 bridgehead atoms. The summed E-state index contributed by atoms with van der Waals surface area (Å²) in [4.78, 5) is 11.5. The number of halogens is 1. The molecule has 0 aliphatic carbocycles. The quantitative estimate of drug-likeness (QED) is 0.871. The summed E-state index contributed by atoms with van der Waals surface area (Å²) in [5.41, 5.74) is 2.55. The Bertz CT molecular complexity index is 626. The van der Waals surface area contributed by atoms with Crippen LogP contribution in [0.15, 0.2) is 47.3 Å². The fourth-order valence-corrected chi connectivity index (χ4v) is 2.04. The fraction of sp³-hybridized carbons (Fsp3) is 0.143. The molecule has 1 amide bonds. The highest BCUT2D eigenvalue weighted by Crippen LogP contribution is 2.22. The van der Waals surface area contributed by atoms with E-state index in [9.17, 15) is 4.79 Å². The summed E-state index contributed by atoms with van der Waals surface area (Å²) < 4.78 is 0. The van der Waals surface area contributed by atoms with Crippen molar-refractivity contribution >= 4 is 23.2 Å². The molecule has 1 aromatic carbocycles. The third-order valence-electron chi connectivity index (χ3n) is 2.72. The van der Waals surface area contributed by atoms with Gasteiger partial charge in [-0.3, -0.25) is 4.79 Å². The zero-order valence-corrected chi connectivity index (χ0v) is 11.1. The zero-order chi connectivity index (χ0) is 13.8. The Kier molecular flexibility index (Phi) is 3.88. The standard InChI is InChI=1S/C14H12ClN3O/c1-9-13(7-16)10(5-14(19)18-9)8-17-12-4-2-3-11(15)6-12/h2-4,6,8,17H,5H2,1H3,(H,18,19)/b10-8-. The second kappa shape index (κ2) is 5.59. The van der Waals surface area contributed by atoms with Crippen LogP contribution in [-0.4, -0.2) is 5.91 Å². The zero-order valence-electron chi connectivity index (χ0n) is 10.3. The SMILES string of the molecule is CC1=C(C#N)/C(=C\Nc2cccc(Cl)c2)CC(=O)N1. The molecule has 1 aliphatic rings. The minimum Gasteiger partial charge on any atom is -0.361 e. The molecule has 19 heavy (non-hydrogen) atoms. The van der Waals surface area contributed by atoms with Crippen molar-refractivity contribution in [1.82, 2.24) is 5.32 Å². The molecular formula is C14H12ClN3O. The second-order valence-corrected chi connectivity index (χ2v) is 4.60. The average molecular weight is 274 g/mol. The largest absolute Gasteiger partial charge is 0.361 e. The number of anilines is 1. The van der Waals surface area contributed by atoms with E-state index in [-0.39, 0.29) is 12.3 Å². The van der Waals surface area contributed by atoms with E-state index >= 15 is 0 Å². The molecule has 96 valence electrons. The van der Waals surface area contributed by atoms with Crippen LogP contribution >= 0.6 is 11.6 Å². The number of rotatable bonds is 2. The van der Waals surface area contributed by atoms with E-state index in [0.717, 1.165) is 5.69 Å². The van der Waals surface area contributed by atoms with Gasteiger partial charge in [-0.05, 0) is 30.7 Å². The van der Waals surface area contributed by atoms with E-state index in [1.807, 2.05) is 12.1 Å². The number of nitriles is 1. The molecule has 4 nitrogen and oxygen atoms in total. The van der Waals surface area contributed by atoms with Crippen molar-refractivity contribution in [2.24, 2.45) is 0 Å². The highest BCUT2D eigenvalue weighted by atomic mass is 35.5. The van der Waals surface area contributed by atoms with Gasteiger partial charge in [0.2, 0.25) is 5.91 Å². The smallest absolute Gasteiger partial charge is 0.228 e. The summed E-state index contributed by atoms with van der Waals surface area (Å²) in [6, 6.07) is 9.33. The maximum absolute atomic E-state index is 11.5. The number of hydrogen-bond donors (Lipinski definition) is 2. The molecule has 2 rings (SSSR count). The molecule has 0 atom stereocenters.